The van der Waals surface area contributed by atoms with Crippen molar-refractivity contribution in [3.05, 3.63) is 11.8 Å². The molecule has 2 nitrogen and oxygen atoms in total. The highest BCUT2D eigenvalue weighted by Gasteiger charge is 1.81. The summed E-state index contributed by atoms with van der Waals surface area (Å²) in [6.45, 7) is 5.46. The van der Waals surface area contributed by atoms with Crippen molar-refractivity contribution in [1.29, 1.82) is 5.41 Å². The average Bonchev–Trinajstić information content (AvgIpc) is 1.63. The van der Waals surface area contributed by atoms with Gasteiger partial charge in [-0.15, -0.1) is 0 Å². The van der Waals surface area contributed by atoms with Crippen molar-refractivity contribution in [2.24, 2.45) is 4.99 Å². The van der Waals surface area contributed by atoms with E-state index in [1.807, 2.05) is 13.8 Å². The van der Waals surface area contributed by atoms with Gasteiger partial charge < -0.3 is 5.41 Å². The van der Waals surface area contributed by atoms with Gasteiger partial charge in [-0.3, -0.25) is 4.99 Å². The predicted octanol–water partition coefficient (Wildman–Crippen LogP) is 2.02. The van der Waals surface area contributed by atoms with Crippen molar-refractivity contribution in [3.8, 4) is 0 Å². The van der Waals surface area contributed by atoms with E-state index in [9.17, 15) is 0 Å². The largest absolute Gasteiger partial charge is 0.306 e. The molecule has 0 saturated carbocycles. The topological polar surface area (TPSA) is 36.2 Å². The van der Waals surface area contributed by atoms with Gasteiger partial charge in [0.2, 0.25) is 0 Å². The molecular formula is C7H12N2. The molecule has 0 bridgehead atoms. The van der Waals surface area contributed by atoms with Crippen molar-refractivity contribution < 1.29 is 0 Å². The Bertz CT molecular complexity index is 154. The Balaban J connectivity index is 4.00. The molecule has 0 spiro atoms. The van der Waals surface area contributed by atoms with Gasteiger partial charge in [0.15, 0.2) is 0 Å². The standard InChI is InChI=1S/C7H12N2/c1-4-9-7(3)5-6(2)8/h4-5,8H,1-3H3/b7-5-,8-6?,9-4?. The van der Waals surface area contributed by atoms with Crippen molar-refractivity contribution >= 4 is 11.9 Å². The molecule has 0 aromatic heterocycles. The lowest BCUT2D eigenvalue weighted by molar-refractivity contribution is 1.31. The zero-order valence-corrected chi connectivity index (χ0v) is 6.10. The molecule has 1 N–H and O–H groups in total. The monoisotopic (exact) mass is 124 g/mol. The van der Waals surface area contributed by atoms with Crippen LogP contribution in [0.25, 0.3) is 0 Å². The van der Waals surface area contributed by atoms with E-state index in [0.29, 0.717) is 5.71 Å². The lowest BCUT2D eigenvalue weighted by Gasteiger charge is -1.87. The molecule has 0 aromatic carbocycles. The van der Waals surface area contributed by atoms with Crippen LogP contribution in [0.1, 0.15) is 20.8 Å². The molecule has 2 heteroatoms. The summed E-state index contributed by atoms with van der Waals surface area (Å²) >= 11 is 0. The number of nitrogens with zero attached hydrogens (tertiary/aromatic N) is 1. The molecule has 0 fully saturated rings. The number of hydrogen-bond acceptors (Lipinski definition) is 2. The summed E-state index contributed by atoms with van der Waals surface area (Å²) in [4.78, 5) is 3.96. The van der Waals surface area contributed by atoms with Gasteiger partial charge in [0, 0.05) is 17.6 Å². The maximum Gasteiger partial charge on any atom is 0.0386 e. The summed E-state index contributed by atoms with van der Waals surface area (Å²) in [6.07, 6.45) is 3.44. The summed E-state index contributed by atoms with van der Waals surface area (Å²) < 4.78 is 0. The van der Waals surface area contributed by atoms with Gasteiger partial charge in [-0.25, -0.2) is 0 Å². The fraction of sp³-hybridized carbons (Fsp3) is 0.429. The summed E-state index contributed by atoms with van der Waals surface area (Å²) in [5.74, 6) is 0. The first-order valence-electron chi connectivity index (χ1n) is 2.89. The number of rotatable bonds is 2. The number of nitrogens with one attached hydrogen (secondary N) is 1. The third kappa shape index (κ3) is 4.94. The zero-order chi connectivity index (χ0) is 7.28. The molecule has 0 aliphatic carbocycles. The highest BCUT2D eigenvalue weighted by molar-refractivity contribution is 5.90. The highest BCUT2D eigenvalue weighted by atomic mass is 14.7. The SMILES string of the molecule is CC=N/C(C)=C\C(C)=N. The van der Waals surface area contributed by atoms with E-state index in [1.165, 1.54) is 0 Å². The Kier molecular flexibility index (Phi) is 3.60. The summed E-state index contributed by atoms with van der Waals surface area (Å²) in [5.41, 5.74) is 1.42. The second-order valence-electron chi connectivity index (χ2n) is 1.86. The Morgan fingerprint density at radius 1 is 1.44 bits per heavy atom. The Morgan fingerprint density at radius 3 is 2.33 bits per heavy atom. The van der Waals surface area contributed by atoms with Crippen LogP contribution >= 0.6 is 0 Å². The summed E-state index contributed by atoms with van der Waals surface area (Å²) in [7, 11) is 0. The molecule has 0 saturated heterocycles. The van der Waals surface area contributed by atoms with Crippen LogP contribution in [0.4, 0.5) is 0 Å². The van der Waals surface area contributed by atoms with Gasteiger partial charge in [-0.1, -0.05) is 0 Å². The quantitative estimate of drug-likeness (QED) is 0.547. The highest BCUT2D eigenvalue weighted by Crippen LogP contribution is 1.92. The van der Waals surface area contributed by atoms with Crippen LogP contribution in [-0.2, 0) is 0 Å². The van der Waals surface area contributed by atoms with Crippen LogP contribution in [-0.4, -0.2) is 11.9 Å². The summed E-state index contributed by atoms with van der Waals surface area (Å²) in [5, 5.41) is 7.05. The lowest BCUT2D eigenvalue weighted by atomic mass is 10.3. The van der Waals surface area contributed by atoms with Gasteiger partial charge >= 0.3 is 0 Å². The third-order valence-corrected chi connectivity index (χ3v) is 0.758. The molecule has 0 atom stereocenters. The minimum atomic E-state index is 0.540. The van der Waals surface area contributed by atoms with Gasteiger partial charge in [0.05, 0.1) is 0 Å². The molecule has 0 rings (SSSR count). The Hall–Kier alpha value is -0.920. The van der Waals surface area contributed by atoms with Crippen molar-refractivity contribution in [2.75, 3.05) is 0 Å². The third-order valence-electron chi connectivity index (χ3n) is 0.758. The van der Waals surface area contributed by atoms with Gasteiger partial charge in [-0.05, 0) is 26.8 Å². The van der Waals surface area contributed by atoms with E-state index in [-0.39, 0.29) is 0 Å². The van der Waals surface area contributed by atoms with E-state index in [1.54, 1.807) is 19.2 Å². The van der Waals surface area contributed by atoms with Crippen molar-refractivity contribution in [3.63, 3.8) is 0 Å². The molecule has 9 heavy (non-hydrogen) atoms. The molecule has 0 aliphatic heterocycles. The van der Waals surface area contributed by atoms with Crippen molar-refractivity contribution in [1.82, 2.24) is 0 Å². The van der Waals surface area contributed by atoms with Crippen molar-refractivity contribution in [2.45, 2.75) is 20.8 Å². The van der Waals surface area contributed by atoms with Gasteiger partial charge in [0.25, 0.3) is 0 Å². The fourth-order valence-corrected chi connectivity index (χ4v) is 0.554. The van der Waals surface area contributed by atoms with E-state index in [0.717, 1.165) is 5.70 Å². The minimum Gasteiger partial charge on any atom is -0.306 e. The van der Waals surface area contributed by atoms with E-state index >= 15 is 0 Å². The van der Waals surface area contributed by atoms with Crippen LogP contribution < -0.4 is 0 Å². The molecule has 0 aromatic rings. The predicted molar refractivity (Wildman–Crippen MR) is 41.3 cm³/mol. The number of allylic oxidation sites excluding steroid dienone is 2. The maximum absolute atomic E-state index is 7.05. The normalized spacial score (nSPS) is 12.6. The van der Waals surface area contributed by atoms with Gasteiger partial charge in [-0.2, -0.15) is 0 Å². The minimum absolute atomic E-state index is 0.540. The first kappa shape index (κ1) is 8.08. The molecular weight excluding hydrogens is 112 g/mol. The average molecular weight is 124 g/mol. The maximum atomic E-state index is 7.05. The second kappa shape index (κ2) is 4.01. The smallest absolute Gasteiger partial charge is 0.0386 e. The van der Waals surface area contributed by atoms with E-state index in [2.05, 4.69) is 4.99 Å². The number of aliphatic imine (C=N–C) groups is 1. The Morgan fingerprint density at radius 2 is 2.00 bits per heavy atom. The second-order valence-corrected chi connectivity index (χ2v) is 1.86. The van der Waals surface area contributed by atoms with Crippen LogP contribution in [0, 0.1) is 5.41 Å². The fourth-order valence-electron chi connectivity index (χ4n) is 0.554. The van der Waals surface area contributed by atoms with Gasteiger partial charge in [0.1, 0.15) is 0 Å². The Labute approximate surface area is 55.8 Å². The van der Waals surface area contributed by atoms with E-state index < -0.39 is 0 Å². The summed E-state index contributed by atoms with van der Waals surface area (Å²) in [6, 6.07) is 0. The molecule has 0 radical (unpaired) electrons. The zero-order valence-electron chi connectivity index (χ0n) is 6.10. The molecule has 0 unspecified atom stereocenters. The lowest BCUT2D eigenvalue weighted by Crippen LogP contribution is -1.81. The first-order valence-corrected chi connectivity index (χ1v) is 2.89. The molecule has 0 heterocycles. The van der Waals surface area contributed by atoms with Crippen LogP contribution in [0.3, 0.4) is 0 Å². The van der Waals surface area contributed by atoms with Crippen LogP contribution in [0.5, 0.6) is 0 Å². The molecule has 0 aliphatic rings. The van der Waals surface area contributed by atoms with Crippen LogP contribution in [0.2, 0.25) is 0 Å². The molecule has 50 valence electrons. The molecule has 0 amide bonds. The first-order chi connectivity index (χ1) is 4.16. The number of hydrogen-bond donors (Lipinski definition) is 1. The van der Waals surface area contributed by atoms with E-state index in [4.69, 9.17) is 5.41 Å². The van der Waals surface area contributed by atoms with Crippen LogP contribution in [0.15, 0.2) is 16.8 Å².